The van der Waals surface area contributed by atoms with Crippen molar-refractivity contribution in [3.8, 4) is 11.5 Å². The van der Waals surface area contributed by atoms with Gasteiger partial charge in [0.2, 0.25) is 0 Å². The molecule has 1 aliphatic rings. The molecular formula is C15H11Cl3N2O3. The summed E-state index contributed by atoms with van der Waals surface area (Å²) in [5, 5.41) is 3.34. The third-order valence-electron chi connectivity index (χ3n) is 3.11. The number of nitrogens with one attached hydrogen (secondary N) is 1. The van der Waals surface area contributed by atoms with Crippen molar-refractivity contribution in [2.24, 2.45) is 0 Å². The highest BCUT2D eigenvalue weighted by molar-refractivity contribution is 6.36. The van der Waals surface area contributed by atoms with Gasteiger partial charge in [-0.3, -0.25) is 4.79 Å². The fourth-order valence-electron chi connectivity index (χ4n) is 2.04. The maximum absolute atomic E-state index is 12.3. The first-order chi connectivity index (χ1) is 11.0. The van der Waals surface area contributed by atoms with Crippen molar-refractivity contribution in [1.82, 2.24) is 4.98 Å². The minimum Gasteiger partial charge on any atom is -0.490 e. The first-order valence-electron chi connectivity index (χ1n) is 6.77. The van der Waals surface area contributed by atoms with Gasteiger partial charge in [0.1, 0.15) is 10.8 Å². The van der Waals surface area contributed by atoms with Crippen molar-refractivity contribution < 1.29 is 14.3 Å². The van der Waals surface area contributed by atoms with Gasteiger partial charge in [-0.15, -0.1) is 0 Å². The maximum atomic E-state index is 12.3. The summed E-state index contributed by atoms with van der Waals surface area (Å²) >= 11 is 18.0. The van der Waals surface area contributed by atoms with Gasteiger partial charge in [0.05, 0.1) is 28.9 Å². The predicted molar refractivity (Wildman–Crippen MR) is 89.3 cm³/mol. The fraction of sp³-hybridized carbons (Fsp3) is 0.200. The number of halogens is 3. The van der Waals surface area contributed by atoms with E-state index >= 15 is 0 Å². The van der Waals surface area contributed by atoms with Crippen molar-refractivity contribution in [1.29, 1.82) is 0 Å². The molecule has 1 aliphatic heterocycles. The molecule has 0 fully saturated rings. The normalized spacial score (nSPS) is 13.3. The van der Waals surface area contributed by atoms with E-state index in [2.05, 4.69) is 10.3 Å². The summed E-state index contributed by atoms with van der Waals surface area (Å²) in [6.07, 6.45) is 0.774. The number of hydrogen-bond donors (Lipinski definition) is 1. The van der Waals surface area contributed by atoms with Gasteiger partial charge in [-0.2, -0.15) is 0 Å². The molecule has 23 heavy (non-hydrogen) atoms. The Bertz CT molecular complexity index is 768. The highest BCUT2D eigenvalue weighted by Gasteiger charge is 2.18. The smallest absolute Gasteiger partial charge is 0.275 e. The molecule has 5 nitrogen and oxygen atoms in total. The number of nitrogens with zero attached hydrogens (tertiary/aromatic N) is 1. The number of benzene rings is 1. The van der Waals surface area contributed by atoms with Crippen LogP contribution in [0.4, 0.5) is 5.69 Å². The van der Waals surface area contributed by atoms with Crippen LogP contribution in [-0.2, 0) is 0 Å². The van der Waals surface area contributed by atoms with Gasteiger partial charge in [-0.25, -0.2) is 4.98 Å². The van der Waals surface area contributed by atoms with Gasteiger partial charge >= 0.3 is 0 Å². The van der Waals surface area contributed by atoms with Gasteiger partial charge in [0, 0.05) is 18.6 Å². The molecule has 0 spiro atoms. The lowest BCUT2D eigenvalue weighted by Gasteiger charge is -2.12. The Hall–Kier alpha value is -1.69. The Kier molecular flexibility index (Phi) is 4.80. The molecule has 0 atom stereocenters. The first kappa shape index (κ1) is 16.2. The molecule has 0 radical (unpaired) electrons. The number of amides is 1. The van der Waals surface area contributed by atoms with E-state index in [-0.39, 0.29) is 15.9 Å². The first-order valence-corrected chi connectivity index (χ1v) is 7.90. The number of carbonyl (C=O) groups excluding carboxylic acids is 1. The molecule has 120 valence electrons. The number of pyridine rings is 1. The number of rotatable bonds is 2. The Morgan fingerprint density at radius 1 is 1.04 bits per heavy atom. The number of carbonyl (C=O) groups is 1. The van der Waals surface area contributed by atoms with Crippen molar-refractivity contribution in [3.63, 3.8) is 0 Å². The third kappa shape index (κ3) is 3.63. The molecule has 1 aromatic carbocycles. The summed E-state index contributed by atoms with van der Waals surface area (Å²) in [5.74, 6) is 0.547. The van der Waals surface area contributed by atoms with E-state index in [1.54, 1.807) is 12.1 Å². The van der Waals surface area contributed by atoms with Crippen LogP contribution in [0.25, 0.3) is 0 Å². The Balaban J connectivity index is 1.89. The number of ether oxygens (including phenoxy) is 2. The molecule has 1 amide bonds. The summed E-state index contributed by atoms with van der Waals surface area (Å²) in [7, 11) is 0. The zero-order valence-corrected chi connectivity index (χ0v) is 14.0. The lowest BCUT2D eigenvalue weighted by atomic mass is 10.2. The van der Waals surface area contributed by atoms with Crippen LogP contribution in [0.3, 0.4) is 0 Å². The molecular weight excluding hydrogens is 363 g/mol. The Labute approximate surface area is 147 Å². The SMILES string of the molecule is O=C(Nc1cc2c(cc1Cl)OCCCO2)c1nc(Cl)ccc1Cl. The minimum absolute atomic E-state index is 0.0161. The molecule has 2 heterocycles. The molecule has 3 rings (SSSR count). The summed E-state index contributed by atoms with van der Waals surface area (Å²) in [5.41, 5.74) is 0.390. The second kappa shape index (κ2) is 6.83. The van der Waals surface area contributed by atoms with Crippen LogP contribution in [0.5, 0.6) is 11.5 Å². The van der Waals surface area contributed by atoms with Crippen LogP contribution in [0, 0.1) is 0 Å². The standard InChI is InChI=1S/C15H11Cl3N2O3/c16-8-2-3-13(18)20-14(8)15(21)19-10-7-12-11(6-9(10)17)22-4-1-5-23-12/h2-3,6-7H,1,4-5H2,(H,19,21). The fourth-order valence-corrected chi connectivity index (χ4v) is 2.58. The summed E-state index contributed by atoms with van der Waals surface area (Å²) in [6.45, 7) is 1.08. The van der Waals surface area contributed by atoms with Crippen molar-refractivity contribution in [2.75, 3.05) is 18.5 Å². The van der Waals surface area contributed by atoms with Gasteiger partial charge in [-0.05, 0) is 12.1 Å². The van der Waals surface area contributed by atoms with E-state index in [0.29, 0.717) is 35.4 Å². The van der Waals surface area contributed by atoms with Crippen molar-refractivity contribution in [2.45, 2.75) is 6.42 Å². The molecule has 2 aromatic rings. The summed E-state index contributed by atoms with van der Waals surface area (Å²) in [4.78, 5) is 16.3. The minimum atomic E-state index is -0.520. The lowest BCUT2D eigenvalue weighted by Crippen LogP contribution is -2.15. The number of fused-ring (bicyclic) bond motifs is 1. The van der Waals surface area contributed by atoms with Gasteiger partial charge in [-0.1, -0.05) is 34.8 Å². The van der Waals surface area contributed by atoms with E-state index in [4.69, 9.17) is 44.3 Å². The van der Waals surface area contributed by atoms with Gasteiger partial charge < -0.3 is 14.8 Å². The molecule has 0 saturated carbocycles. The zero-order chi connectivity index (χ0) is 16.4. The molecule has 0 aliphatic carbocycles. The number of anilines is 1. The monoisotopic (exact) mass is 372 g/mol. The second-order valence-corrected chi connectivity index (χ2v) is 5.95. The largest absolute Gasteiger partial charge is 0.490 e. The topological polar surface area (TPSA) is 60.5 Å². The molecule has 0 saturated heterocycles. The molecule has 0 bridgehead atoms. The average Bonchev–Trinajstić information content (AvgIpc) is 2.75. The zero-order valence-electron chi connectivity index (χ0n) is 11.7. The van der Waals surface area contributed by atoms with Crippen molar-refractivity contribution >= 4 is 46.4 Å². The molecule has 1 N–H and O–H groups in total. The van der Waals surface area contributed by atoms with Crippen LogP contribution in [0.2, 0.25) is 15.2 Å². The van der Waals surface area contributed by atoms with Crippen LogP contribution in [0.1, 0.15) is 16.9 Å². The number of hydrogen-bond acceptors (Lipinski definition) is 4. The van der Waals surface area contributed by atoms with Gasteiger partial charge in [0.25, 0.3) is 5.91 Å². The van der Waals surface area contributed by atoms with Crippen LogP contribution in [0.15, 0.2) is 24.3 Å². The van der Waals surface area contributed by atoms with Crippen molar-refractivity contribution in [3.05, 3.63) is 45.2 Å². The quantitative estimate of drug-likeness (QED) is 0.790. The average molecular weight is 374 g/mol. The highest BCUT2D eigenvalue weighted by atomic mass is 35.5. The predicted octanol–water partition coefficient (Wildman–Crippen LogP) is 4.46. The molecule has 1 aromatic heterocycles. The summed E-state index contributed by atoms with van der Waals surface area (Å²) in [6, 6.07) is 6.22. The van der Waals surface area contributed by atoms with Gasteiger partial charge in [0.15, 0.2) is 11.5 Å². The van der Waals surface area contributed by atoms with Crippen LogP contribution >= 0.6 is 34.8 Å². The van der Waals surface area contributed by atoms with E-state index in [9.17, 15) is 4.79 Å². The lowest BCUT2D eigenvalue weighted by molar-refractivity contribution is 0.102. The molecule has 8 heteroatoms. The Morgan fingerprint density at radius 2 is 1.74 bits per heavy atom. The maximum Gasteiger partial charge on any atom is 0.275 e. The highest BCUT2D eigenvalue weighted by Crippen LogP contribution is 2.38. The third-order valence-corrected chi connectivity index (χ3v) is 3.94. The van der Waals surface area contributed by atoms with E-state index in [1.807, 2.05) is 0 Å². The van der Waals surface area contributed by atoms with Crippen LogP contribution < -0.4 is 14.8 Å². The van der Waals surface area contributed by atoms with E-state index < -0.39 is 5.91 Å². The second-order valence-electron chi connectivity index (χ2n) is 4.75. The van der Waals surface area contributed by atoms with Crippen LogP contribution in [-0.4, -0.2) is 24.1 Å². The van der Waals surface area contributed by atoms with E-state index in [0.717, 1.165) is 6.42 Å². The summed E-state index contributed by atoms with van der Waals surface area (Å²) < 4.78 is 11.1. The molecule has 0 unspecified atom stereocenters. The van der Waals surface area contributed by atoms with E-state index in [1.165, 1.54) is 12.1 Å². The Morgan fingerprint density at radius 3 is 2.48 bits per heavy atom. The number of aromatic nitrogens is 1.